The van der Waals surface area contributed by atoms with E-state index in [2.05, 4.69) is 29.5 Å². The van der Waals surface area contributed by atoms with Gasteiger partial charge >= 0.3 is 6.03 Å². The van der Waals surface area contributed by atoms with Gasteiger partial charge in [0.2, 0.25) is 0 Å². The Morgan fingerprint density at radius 2 is 2.10 bits per heavy atom. The van der Waals surface area contributed by atoms with Crippen LogP contribution in [0.1, 0.15) is 13.8 Å². The van der Waals surface area contributed by atoms with E-state index in [0.29, 0.717) is 18.1 Å². The molecule has 0 saturated carbocycles. The predicted molar refractivity (Wildman–Crippen MR) is 86.6 cm³/mol. The molecule has 0 aliphatic heterocycles. The van der Waals surface area contributed by atoms with Crippen LogP contribution in [-0.2, 0) is 0 Å². The summed E-state index contributed by atoms with van der Waals surface area (Å²) < 4.78 is 0. The summed E-state index contributed by atoms with van der Waals surface area (Å²) in [5.41, 5.74) is 6.81. The van der Waals surface area contributed by atoms with Gasteiger partial charge in [-0.3, -0.25) is 4.98 Å². The van der Waals surface area contributed by atoms with Gasteiger partial charge in [-0.1, -0.05) is 25.4 Å². The number of anilines is 1. The molecular formula is C15H19ClN4O. The third-order valence-electron chi connectivity index (χ3n) is 3.20. The number of hydrogen-bond donors (Lipinski definition) is 3. The molecule has 6 heteroatoms. The van der Waals surface area contributed by atoms with Crippen LogP contribution in [0.15, 0.2) is 30.5 Å². The van der Waals surface area contributed by atoms with E-state index in [4.69, 9.17) is 17.3 Å². The first-order valence-electron chi connectivity index (χ1n) is 6.69. The van der Waals surface area contributed by atoms with Crippen LogP contribution >= 0.6 is 11.6 Å². The number of pyridine rings is 1. The van der Waals surface area contributed by atoms with Gasteiger partial charge in [0.15, 0.2) is 0 Å². The first-order chi connectivity index (χ1) is 9.87. The van der Waals surface area contributed by atoms with Gasteiger partial charge in [-0.05, 0) is 29.7 Å². The Morgan fingerprint density at radius 3 is 2.81 bits per heavy atom. The lowest BCUT2D eigenvalue weighted by Gasteiger charge is -2.25. The van der Waals surface area contributed by atoms with Crippen LogP contribution in [0.2, 0.25) is 5.02 Å². The zero-order valence-electron chi connectivity index (χ0n) is 12.1. The van der Waals surface area contributed by atoms with Gasteiger partial charge < -0.3 is 16.4 Å². The van der Waals surface area contributed by atoms with Gasteiger partial charge in [0, 0.05) is 35.4 Å². The Morgan fingerprint density at radius 1 is 1.33 bits per heavy atom. The number of nitrogens with one attached hydrogen (secondary N) is 2. The molecule has 0 aliphatic carbocycles. The summed E-state index contributed by atoms with van der Waals surface area (Å²) in [6, 6.07) is 7.04. The highest BCUT2D eigenvalue weighted by atomic mass is 35.5. The normalized spacial score (nSPS) is 11.4. The molecule has 0 spiro atoms. The van der Waals surface area contributed by atoms with Crippen molar-refractivity contribution in [3.8, 4) is 0 Å². The molecule has 1 aromatic heterocycles. The van der Waals surface area contributed by atoms with Crippen LogP contribution in [0, 0.1) is 5.41 Å². The van der Waals surface area contributed by atoms with Crippen LogP contribution in [0.5, 0.6) is 0 Å². The zero-order chi connectivity index (χ0) is 15.5. The van der Waals surface area contributed by atoms with Crippen molar-refractivity contribution in [3.63, 3.8) is 0 Å². The van der Waals surface area contributed by atoms with E-state index in [1.54, 1.807) is 6.20 Å². The van der Waals surface area contributed by atoms with E-state index in [1.165, 1.54) is 0 Å². The maximum atomic E-state index is 10.8. The van der Waals surface area contributed by atoms with Crippen LogP contribution in [-0.4, -0.2) is 24.1 Å². The molecule has 2 rings (SSSR count). The number of nitrogens with two attached hydrogens (primary N) is 1. The molecule has 0 saturated heterocycles. The molecule has 5 nitrogen and oxygen atoms in total. The van der Waals surface area contributed by atoms with Crippen molar-refractivity contribution >= 4 is 34.2 Å². The van der Waals surface area contributed by atoms with Crippen molar-refractivity contribution in [2.45, 2.75) is 13.8 Å². The Labute approximate surface area is 128 Å². The minimum Gasteiger partial charge on any atom is -0.384 e. The lowest BCUT2D eigenvalue weighted by molar-refractivity contribution is 0.243. The average molecular weight is 307 g/mol. The lowest BCUT2D eigenvalue weighted by Crippen LogP contribution is -2.40. The van der Waals surface area contributed by atoms with Gasteiger partial charge in [0.05, 0.1) is 5.52 Å². The third-order valence-corrected chi connectivity index (χ3v) is 3.44. The SMILES string of the molecule is CC(C)(CNC(N)=O)CNc1ccnc2cc(Cl)ccc12. The van der Waals surface area contributed by atoms with E-state index in [1.807, 2.05) is 24.3 Å². The molecule has 4 N–H and O–H groups in total. The topological polar surface area (TPSA) is 80.0 Å². The minimum atomic E-state index is -0.507. The first kappa shape index (κ1) is 15.4. The molecule has 112 valence electrons. The summed E-state index contributed by atoms with van der Waals surface area (Å²) in [5, 5.41) is 7.71. The number of benzene rings is 1. The van der Waals surface area contributed by atoms with Crippen molar-refractivity contribution in [1.82, 2.24) is 10.3 Å². The van der Waals surface area contributed by atoms with E-state index in [0.717, 1.165) is 16.6 Å². The number of carbonyl (C=O) groups excluding carboxylic acids is 1. The van der Waals surface area contributed by atoms with E-state index in [9.17, 15) is 4.79 Å². The molecule has 0 radical (unpaired) electrons. The largest absolute Gasteiger partial charge is 0.384 e. The number of primary amides is 1. The lowest BCUT2D eigenvalue weighted by atomic mass is 9.93. The van der Waals surface area contributed by atoms with Crippen LogP contribution in [0.25, 0.3) is 10.9 Å². The minimum absolute atomic E-state index is 0.128. The van der Waals surface area contributed by atoms with Crippen LogP contribution < -0.4 is 16.4 Å². The monoisotopic (exact) mass is 306 g/mol. The Hall–Kier alpha value is -2.01. The standard InChI is InChI=1S/C15H19ClN4O/c1-15(2,9-20-14(17)21)8-19-12-5-6-18-13-7-10(16)3-4-11(12)13/h3-7H,8-9H2,1-2H3,(H,18,19)(H3,17,20,21). The molecule has 1 aromatic carbocycles. The fourth-order valence-electron chi connectivity index (χ4n) is 2.00. The highest BCUT2D eigenvalue weighted by Crippen LogP contribution is 2.25. The fraction of sp³-hybridized carbons (Fsp3) is 0.333. The summed E-state index contributed by atoms with van der Waals surface area (Å²) in [5.74, 6) is 0. The second-order valence-corrected chi connectivity index (χ2v) is 6.19. The number of carbonyl (C=O) groups is 1. The number of aromatic nitrogens is 1. The first-order valence-corrected chi connectivity index (χ1v) is 7.07. The maximum Gasteiger partial charge on any atom is 0.312 e. The van der Waals surface area contributed by atoms with Gasteiger partial charge in [0.1, 0.15) is 0 Å². The number of rotatable bonds is 5. The van der Waals surface area contributed by atoms with Crippen molar-refractivity contribution in [1.29, 1.82) is 0 Å². The second-order valence-electron chi connectivity index (χ2n) is 5.76. The third kappa shape index (κ3) is 4.23. The molecule has 21 heavy (non-hydrogen) atoms. The molecule has 0 aliphatic rings. The highest BCUT2D eigenvalue weighted by Gasteiger charge is 2.18. The molecule has 0 bridgehead atoms. The molecule has 1 heterocycles. The van der Waals surface area contributed by atoms with E-state index < -0.39 is 6.03 Å². The van der Waals surface area contributed by atoms with Crippen molar-refractivity contribution < 1.29 is 4.79 Å². The zero-order valence-corrected chi connectivity index (χ0v) is 12.9. The summed E-state index contributed by atoms with van der Waals surface area (Å²) in [7, 11) is 0. The van der Waals surface area contributed by atoms with Gasteiger partial charge in [0.25, 0.3) is 0 Å². The number of halogens is 1. The number of hydrogen-bond acceptors (Lipinski definition) is 3. The Kier molecular flexibility index (Phi) is 4.53. The number of fused-ring (bicyclic) bond motifs is 1. The van der Waals surface area contributed by atoms with Crippen molar-refractivity contribution in [3.05, 3.63) is 35.5 Å². The summed E-state index contributed by atoms with van der Waals surface area (Å²) in [6.07, 6.45) is 1.75. The average Bonchev–Trinajstić information content (AvgIpc) is 2.43. The van der Waals surface area contributed by atoms with Crippen LogP contribution in [0.3, 0.4) is 0 Å². The maximum absolute atomic E-state index is 10.8. The van der Waals surface area contributed by atoms with Gasteiger partial charge in [-0.25, -0.2) is 4.79 Å². The predicted octanol–water partition coefficient (Wildman–Crippen LogP) is 2.99. The summed E-state index contributed by atoms with van der Waals surface area (Å²) >= 11 is 5.98. The van der Waals surface area contributed by atoms with Crippen molar-refractivity contribution in [2.75, 3.05) is 18.4 Å². The number of amides is 2. The smallest absolute Gasteiger partial charge is 0.312 e. The van der Waals surface area contributed by atoms with Crippen LogP contribution in [0.4, 0.5) is 10.5 Å². The highest BCUT2D eigenvalue weighted by molar-refractivity contribution is 6.31. The van der Waals surface area contributed by atoms with Gasteiger partial charge in [-0.15, -0.1) is 0 Å². The Balaban J connectivity index is 2.11. The molecule has 0 fully saturated rings. The molecule has 2 amide bonds. The molecular weight excluding hydrogens is 288 g/mol. The molecule has 2 aromatic rings. The second kappa shape index (κ2) is 6.18. The number of urea groups is 1. The van der Waals surface area contributed by atoms with E-state index in [-0.39, 0.29) is 5.41 Å². The quantitative estimate of drug-likeness (QED) is 0.794. The number of nitrogens with zero attached hydrogens (tertiary/aromatic N) is 1. The molecule has 0 atom stereocenters. The van der Waals surface area contributed by atoms with Gasteiger partial charge in [-0.2, -0.15) is 0 Å². The van der Waals surface area contributed by atoms with Crippen molar-refractivity contribution in [2.24, 2.45) is 11.1 Å². The van der Waals surface area contributed by atoms with E-state index >= 15 is 0 Å². The molecule has 0 unspecified atom stereocenters. The Bertz CT molecular complexity index is 657. The summed E-state index contributed by atoms with van der Waals surface area (Å²) in [4.78, 5) is 15.1. The fourth-order valence-corrected chi connectivity index (χ4v) is 2.17. The summed E-state index contributed by atoms with van der Waals surface area (Å²) in [6.45, 7) is 5.30.